The van der Waals surface area contributed by atoms with Crippen molar-refractivity contribution < 1.29 is 14.6 Å². The summed E-state index contributed by atoms with van der Waals surface area (Å²) >= 11 is 0. The van der Waals surface area contributed by atoms with E-state index in [1.807, 2.05) is 20.8 Å². The lowest BCUT2D eigenvalue weighted by Gasteiger charge is -2.17. The Hall–Kier alpha value is -2.11. The van der Waals surface area contributed by atoms with Crippen LogP contribution in [0.3, 0.4) is 0 Å². The number of aromatic carboxylic acids is 1. The SMILES string of the molecule is COc1cc(C(=O)O)cc2nnc(C(C)(C)C)n12. The van der Waals surface area contributed by atoms with Gasteiger partial charge in [0.1, 0.15) is 5.82 Å². The monoisotopic (exact) mass is 249 g/mol. The van der Waals surface area contributed by atoms with Gasteiger partial charge in [-0.15, -0.1) is 10.2 Å². The van der Waals surface area contributed by atoms with Crippen LogP contribution < -0.4 is 4.74 Å². The van der Waals surface area contributed by atoms with Gasteiger partial charge in [-0.3, -0.25) is 0 Å². The minimum atomic E-state index is -1.02. The first-order valence-electron chi connectivity index (χ1n) is 5.51. The van der Waals surface area contributed by atoms with Crippen LogP contribution in [-0.4, -0.2) is 32.8 Å². The van der Waals surface area contributed by atoms with Crippen LogP contribution >= 0.6 is 0 Å². The number of fused-ring (bicyclic) bond motifs is 1. The van der Waals surface area contributed by atoms with Crippen LogP contribution in [0.25, 0.3) is 5.65 Å². The Morgan fingerprint density at radius 1 is 1.33 bits per heavy atom. The molecule has 2 aromatic rings. The van der Waals surface area contributed by atoms with Gasteiger partial charge in [0.25, 0.3) is 0 Å². The van der Waals surface area contributed by atoms with Crippen LogP contribution in [0.5, 0.6) is 5.88 Å². The molecule has 0 bridgehead atoms. The zero-order chi connectivity index (χ0) is 13.5. The maximum Gasteiger partial charge on any atom is 0.336 e. The van der Waals surface area contributed by atoms with Gasteiger partial charge < -0.3 is 9.84 Å². The molecule has 96 valence electrons. The van der Waals surface area contributed by atoms with Crippen molar-refractivity contribution in [3.8, 4) is 5.88 Å². The second kappa shape index (κ2) is 3.97. The highest BCUT2D eigenvalue weighted by molar-refractivity contribution is 5.89. The minimum absolute atomic E-state index is 0.132. The van der Waals surface area contributed by atoms with E-state index in [4.69, 9.17) is 9.84 Å². The number of aromatic nitrogens is 3. The second-order valence-corrected chi connectivity index (χ2v) is 5.06. The van der Waals surface area contributed by atoms with Crippen molar-refractivity contribution in [2.75, 3.05) is 7.11 Å². The lowest BCUT2D eigenvalue weighted by molar-refractivity contribution is 0.0696. The van der Waals surface area contributed by atoms with Crippen LogP contribution in [0.2, 0.25) is 0 Å². The molecule has 6 nitrogen and oxygen atoms in total. The molecule has 0 saturated carbocycles. The Balaban J connectivity index is 2.78. The van der Waals surface area contributed by atoms with Crippen molar-refractivity contribution in [3.63, 3.8) is 0 Å². The molecule has 0 saturated heterocycles. The van der Waals surface area contributed by atoms with Crippen molar-refractivity contribution in [3.05, 3.63) is 23.5 Å². The normalized spacial score (nSPS) is 11.8. The van der Waals surface area contributed by atoms with E-state index in [1.54, 1.807) is 4.40 Å². The lowest BCUT2D eigenvalue weighted by atomic mass is 9.96. The number of hydrogen-bond acceptors (Lipinski definition) is 4. The van der Waals surface area contributed by atoms with Gasteiger partial charge in [0.2, 0.25) is 5.88 Å². The highest BCUT2D eigenvalue weighted by Crippen LogP contribution is 2.26. The van der Waals surface area contributed by atoms with Gasteiger partial charge in [0.05, 0.1) is 12.7 Å². The van der Waals surface area contributed by atoms with Crippen molar-refractivity contribution in [2.24, 2.45) is 0 Å². The Kier molecular flexibility index (Phi) is 2.73. The summed E-state index contributed by atoms with van der Waals surface area (Å²) in [6, 6.07) is 2.95. The smallest absolute Gasteiger partial charge is 0.336 e. The lowest BCUT2D eigenvalue weighted by Crippen LogP contribution is -2.17. The fourth-order valence-corrected chi connectivity index (χ4v) is 1.74. The molecule has 0 aromatic carbocycles. The number of rotatable bonds is 2. The highest BCUT2D eigenvalue weighted by Gasteiger charge is 2.23. The molecule has 0 aliphatic heterocycles. The Labute approximate surface area is 104 Å². The highest BCUT2D eigenvalue weighted by atomic mass is 16.5. The summed E-state index contributed by atoms with van der Waals surface area (Å²) in [6.45, 7) is 6.02. The number of carboxylic acids is 1. The molecule has 2 heterocycles. The van der Waals surface area contributed by atoms with Crippen LogP contribution in [0.1, 0.15) is 37.0 Å². The van der Waals surface area contributed by atoms with Crippen LogP contribution in [0, 0.1) is 0 Å². The number of methoxy groups -OCH3 is 1. The summed E-state index contributed by atoms with van der Waals surface area (Å²) < 4.78 is 6.96. The predicted molar refractivity (Wildman–Crippen MR) is 65.2 cm³/mol. The van der Waals surface area contributed by atoms with Gasteiger partial charge in [-0.05, 0) is 6.07 Å². The van der Waals surface area contributed by atoms with Crippen molar-refractivity contribution in [2.45, 2.75) is 26.2 Å². The molecule has 0 fully saturated rings. The molecule has 0 amide bonds. The molecule has 18 heavy (non-hydrogen) atoms. The summed E-state index contributed by atoms with van der Waals surface area (Å²) in [5, 5.41) is 17.1. The fraction of sp³-hybridized carbons (Fsp3) is 0.417. The van der Waals surface area contributed by atoms with Crippen LogP contribution in [-0.2, 0) is 5.41 Å². The predicted octanol–water partition coefficient (Wildman–Crippen LogP) is 1.73. The third kappa shape index (κ3) is 1.90. The molecule has 0 unspecified atom stereocenters. The third-order valence-electron chi connectivity index (χ3n) is 2.60. The van der Waals surface area contributed by atoms with Crippen LogP contribution in [0.15, 0.2) is 12.1 Å². The number of nitrogens with zero attached hydrogens (tertiary/aromatic N) is 3. The van der Waals surface area contributed by atoms with E-state index < -0.39 is 5.97 Å². The van der Waals surface area contributed by atoms with Gasteiger partial charge in [0.15, 0.2) is 5.65 Å². The van der Waals surface area contributed by atoms with E-state index in [1.165, 1.54) is 19.2 Å². The van der Waals surface area contributed by atoms with E-state index in [0.29, 0.717) is 11.5 Å². The summed E-state index contributed by atoms with van der Waals surface area (Å²) in [5.41, 5.74) is 0.390. The van der Waals surface area contributed by atoms with E-state index >= 15 is 0 Å². The molecule has 1 N–H and O–H groups in total. The first kappa shape index (κ1) is 12.3. The Morgan fingerprint density at radius 2 is 2.00 bits per heavy atom. The number of carbonyl (C=O) groups is 1. The first-order valence-corrected chi connectivity index (χ1v) is 5.51. The largest absolute Gasteiger partial charge is 0.482 e. The van der Waals surface area contributed by atoms with Gasteiger partial charge in [-0.1, -0.05) is 20.8 Å². The molecule has 0 radical (unpaired) electrons. The molecule has 2 rings (SSSR count). The fourth-order valence-electron chi connectivity index (χ4n) is 1.74. The van der Waals surface area contributed by atoms with Crippen molar-refractivity contribution in [1.29, 1.82) is 0 Å². The standard InChI is InChI=1S/C12H15N3O3/c1-12(2,3)11-14-13-8-5-7(10(16)17)6-9(18-4)15(8)11/h5-6H,1-4H3,(H,16,17). The second-order valence-electron chi connectivity index (χ2n) is 5.06. The quantitative estimate of drug-likeness (QED) is 0.877. The molecule has 0 aliphatic carbocycles. The zero-order valence-corrected chi connectivity index (χ0v) is 10.8. The van der Waals surface area contributed by atoms with Crippen molar-refractivity contribution in [1.82, 2.24) is 14.6 Å². The van der Waals surface area contributed by atoms with Crippen LogP contribution in [0.4, 0.5) is 0 Å². The number of carboxylic acid groups (broad SMARTS) is 1. The third-order valence-corrected chi connectivity index (χ3v) is 2.60. The summed E-state index contributed by atoms with van der Waals surface area (Å²) in [5.74, 6) is 0.127. The molecule has 0 aliphatic rings. The van der Waals surface area contributed by atoms with E-state index in [9.17, 15) is 4.79 Å². The number of ether oxygens (including phenoxy) is 1. The van der Waals surface area contributed by atoms with E-state index in [-0.39, 0.29) is 11.0 Å². The Morgan fingerprint density at radius 3 is 2.50 bits per heavy atom. The Bertz CT molecular complexity index is 611. The number of pyridine rings is 1. The van der Waals surface area contributed by atoms with Gasteiger partial charge >= 0.3 is 5.97 Å². The minimum Gasteiger partial charge on any atom is -0.482 e. The number of hydrogen-bond donors (Lipinski definition) is 1. The summed E-state index contributed by atoms with van der Waals surface area (Å²) in [6.07, 6.45) is 0. The molecule has 0 spiro atoms. The maximum absolute atomic E-state index is 11.0. The average Bonchev–Trinajstić information content (AvgIpc) is 2.70. The average molecular weight is 249 g/mol. The topological polar surface area (TPSA) is 76.7 Å². The van der Waals surface area contributed by atoms with Gasteiger partial charge in [-0.25, -0.2) is 9.20 Å². The molecular weight excluding hydrogens is 234 g/mol. The maximum atomic E-state index is 11.0. The molecule has 6 heteroatoms. The zero-order valence-electron chi connectivity index (χ0n) is 10.8. The van der Waals surface area contributed by atoms with E-state index in [0.717, 1.165) is 5.82 Å². The molecule has 0 atom stereocenters. The van der Waals surface area contributed by atoms with Crippen molar-refractivity contribution >= 4 is 11.6 Å². The molecule has 2 aromatic heterocycles. The first-order chi connectivity index (χ1) is 8.34. The summed E-state index contributed by atoms with van der Waals surface area (Å²) in [7, 11) is 1.49. The van der Waals surface area contributed by atoms with E-state index in [2.05, 4.69) is 10.2 Å². The summed E-state index contributed by atoms with van der Waals surface area (Å²) in [4.78, 5) is 11.0. The van der Waals surface area contributed by atoms with Gasteiger partial charge in [-0.2, -0.15) is 0 Å². The molecular formula is C12H15N3O3. The van der Waals surface area contributed by atoms with Gasteiger partial charge in [0, 0.05) is 11.5 Å².